The van der Waals surface area contributed by atoms with Crippen LogP contribution in [0.5, 0.6) is 0 Å². The number of carbonyl (C=O) groups is 1. The van der Waals surface area contributed by atoms with Crippen molar-refractivity contribution in [3.05, 3.63) is 66.0 Å². The first-order valence-electron chi connectivity index (χ1n) is 9.69. The number of hydrogen-bond donors (Lipinski definition) is 1. The van der Waals surface area contributed by atoms with E-state index in [9.17, 15) is 17.6 Å². The third-order valence-electron chi connectivity index (χ3n) is 5.21. The van der Waals surface area contributed by atoms with E-state index < -0.39 is 15.8 Å². The summed E-state index contributed by atoms with van der Waals surface area (Å²) in [5.74, 6) is -0.531. The lowest BCUT2D eigenvalue weighted by Crippen LogP contribution is -2.55. The van der Waals surface area contributed by atoms with Crippen molar-refractivity contribution >= 4 is 15.9 Å². The average Bonchev–Trinajstić information content (AvgIpc) is 2.74. The summed E-state index contributed by atoms with van der Waals surface area (Å²) in [6.07, 6.45) is 0.767. The van der Waals surface area contributed by atoms with E-state index in [0.717, 1.165) is 18.6 Å². The van der Waals surface area contributed by atoms with E-state index in [0.29, 0.717) is 32.7 Å². The maximum atomic E-state index is 13.1. The molecule has 2 aromatic rings. The van der Waals surface area contributed by atoms with E-state index in [-0.39, 0.29) is 16.8 Å². The minimum absolute atomic E-state index is 0.0595. The second kappa shape index (κ2) is 9.47. The number of nitrogens with one attached hydrogen (secondary N) is 1. The van der Waals surface area contributed by atoms with Crippen LogP contribution >= 0.6 is 0 Å². The zero-order valence-electron chi connectivity index (χ0n) is 16.4. The van der Waals surface area contributed by atoms with Gasteiger partial charge in [0.15, 0.2) is 0 Å². The molecule has 3 rings (SSSR count). The third kappa shape index (κ3) is 5.41. The predicted molar refractivity (Wildman–Crippen MR) is 109 cm³/mol. The zero-order chi connectivity index (χ0) is 20.9. The standard InChI is InChI=1S/C21H26FN3O3S/c1-17(21(26)23-12-11-18-5-3-2-4-6-18)24-13-15-25(16-14-24)29(27,28)20-9-7-19(22)8-10-20/h2-10,17H,11-16H2,1H3,(H,23,26)/t17-/m1/s1. The molecule has 1 N–H and O–H groups in total. The van der Waals surface area contributed by atoms with Gasteiger partial charge in [0, 0.05) is 32.7 Å². The van der Waals surface area contributed by atoms with E-state index in [1.54, 1.807) is 0 Å². The Balaban J connectivity index is 1.49. The van der Waals surface area contributed by atoms with E-state index in [1.165, 1.54) is 22.0 Å². The summed E-state index contributed by atoms with van der Waals surface area (Å²) < 4.78 is 39.8. The molecule has 156 valence electrons. The van der Waals surface area contributed by atoms with Gasteiger partial charge in [-0.05, 0) is 43.2 Å². The lowest BCUT2D eigenvalue weighted by molar-refractivity contribution is -0.126. The minimum atomic E-state index is -3.65. The molecule has 0 saturated carbocycles. The molecule has 0 bridgehead atoms. The average molecular weight is 420 g/mol. The summed E-state index contributed by atoms with van der Waals surface area (Å²) in [5.41, 5.74) is 1.17. The molecule has 1 aliphatic heterocycles. The third-order valence-corrected chi connectivity index (χ3v) is 7.12. The highest BCUT2D eigenvalue weighted by Crippen LogP contribution is 2.18. The maximum absolute atomic E-state index is 13.1. The van der Waals surface area contributed by atoms with Crippen LogP contribution < -0.4 is 5.32 Å². The van der Waals surface area contributed by atoms with Gasteiger partial charge in [-0.15, -0.1) is 0 Å². The second-order valence-corrected chi connectivity index (χ2v) is 9.03. The molecule has 8 heteroatoms. The van der Waals surface area contributed by atoms with Crippen LogP contribution in [0.25, 0.3) is 0 Å². The van der Waals surface area contributed by atoms with Gasteiger partial charge in [-0.2, -0.15) is 4.31 Å². The molecule has 0 aliphatic carbocycles. The molecule has 1 heterocycles. The SMILES string of the molecule is C[C@H](C(=O)NCCc1ccccc1)N1CCN(S(=O)(=O)c2ccc(F)cc2)CC1. The molecule has 1 fully saturated rings. The van der Waals surface area contributed by atoms with Crippen molar-refractivity contribution in [3.8, 4) is 0 Å². The Kier molecular flexibility index (Phi) is 7.00. The predicted octanol–water partition coefficient (Wildman–Crippen LogP) is 1.88. The molecule has 1 amide bonds. The number of sulfonamides is 1. The molecule has 0 unspecified atom stereocenters. The highest BCUT2D eigenvalue weighted by atomic mass is 32.2. The normalized spacial score (nSPS) is 17.0. The Bertz CT molecular complexity index is 912. The van der Waals surface area contributed by atoms with Crippen molar-refractivity contribution in [2.45, 2.75) is 24.3 Å². The van der Waals surface area contributed by atoms with Crippen molar-refractivity contribution in [3.63, 3.8) is 0 Å². The molecule has 6 nitrogen and oxygen atoms in total. The fourth-order valence-electron chi connectivity index (χ4n) is 3.38. The Morgan fingerprint density at radius 2 is 1.66 bits per heavy atom. The summed E-state index contributed by atoms with van der Waals surface area (Å²) in [4.78, 5) is 14.5. The van der Waals surface area contributed by atoms with Gasteiger partial charge >= 0.3 is 0 Å². The number of nitrogens with zero attached hydrogens (tertiary/aromatic N) is 2. The number of hydrogen-bond acceptors (Lipinski definition) is 4. The molecule has 0 aromatic heterocycles. The summed E-state index contributed by atoms with van der Waals surface area (Å²) >= 11 is 0. The monoisotopic (exact) mass is 419 g/mol. The van der Waals surface area contributed by atoms with Gasteiger partial charge in [0.2, 0.25) is 15.9 Å². The molecule has 1 atom stereocenters. The van der Waals surface area contributed by atoms with E-state index in [4.69, 9.17) is 0 Å². The molecule has 1 saturated heterocycles. The van der Waals surface area contributed by atoms with Gasteiger partial charge in [-0.1, -0.05) is 30.3 Å². The van der Waals surface area contributed by atoms with E-state index in [2.05, 4.69) is 5.32 Å². The Morgan fingerprint density at radius 1 is 1.03 bits per heavy atom. The first kappa shape index (κ1) is 21.4. The zero-order valence-corrected chi connectivity index (χ0v) is 17.2. The van der Waals surface area contributed by atoms with Crippen LogP contribution in [0.4, 0.5) is 4.39 Å². The van der Waals surface area contributed by atoms with Crippen LogP contribution in [0.1, 0.15) is 12.5 Å². The molecular weight excluding hydrogens is 393 g/mol. The molecule has 2 aromatic carbocycles. The van der Waals surface area contributed by atoms with Gasteiger partial charge in [0.1, 0.15) is 5.82 Å². The largest absolute Gasteiger partial charge is 0.354 e. The summed E-state index contributed by atoms with van der Waals surface area (Å²) in [6, 6.07) is 14.5. The van der Waals surface area contributed by atoms with E-state index >= 15 is 0 Å². The number of halogens is 1. The van der Waals surface area contributed by atoms with Crippen LogP contribution in [-0.2, 0) is 21.2 Å². The van der Waals surface area contributed by atoms with Crippen molar-refractivity contribution < 1.29 is 17.6 Å². The molecule has 0 radical (unpaired) electrons. The first-order chi connectivity index (χ1) is 13.9. The minimum Gasteiger partial charge on any atom is -0.354 e. The Hall–Kier alpha value is -2.29. The van der Waals surface area contributed by atoms with Crippen molar-refractivity contribution in [2.75, 3.05) is 32.7 Å². The Labute approximate surface area is 171 Å². The topological polar surface area (TPSA) is 69.7 Å². The number of carbonyl (C=O) groups excluding carboxylic acids is 1. The molecular formula is C21H26FN3O3S. The highest BCUT2D eigenvalue weighted by molar-refractivity contribution is 7.89. The molecule has 0 spiro atoms. The number of amides is 1. The lowest BCUT2D eigenvalue weighted by atomic mass is 10.1. The maximum Gasteiger partial charge on any atom is 0.243 e. The molecule has 1 aliphatic rings. The Morgan fingerprint density at radius 3 is 2.28 bits per heavy atom. The number of benzene rings is 2. The van der Waals surface area contributed by atoms with Crippen LogP contribution in [0, 0.1) is 5.82 Å². The van der Waals surface area contributed by atoms with Crippen molar-refractivity contribution in [1.82, 2.24) is 14.5 Å². The van der Waals surface area contributed by atoms with Crippen molar-refractivity contribution in [2.24, 2.45) is 0 Å². The highest BCUT2D eigenvalue weighted by Gasteiger charge is 2.31. The van der Waals surface area contributed by atoms with Gasteiger partial charge in [-0.25, -0.2) is 12.8 Å². The smallest absolute Gasteiger partial charge is 0.243 e. The van der Waals surface area contributed by atoms with Crippen LogP contribution in [0.3, 0.4) is 0 Å². The van der Waals surface area contributed by atoms with Gasteiger partial charge in [0.05, 0.1) is 10.9 Å². The summed E-state index contributed by atoms with van der Waals surface area (Å²) in [5, 5.41) is 2.95. The number of piperazine rings is 1. The molecule has 29 heavy (non-hydrogen) atoms. The van der Waals surface area contributed by atoms with Crippen LogP contribution in [0.2, 0.25) is 0 Å². The van der Waals surface area contributed by atoms with Crippen LogP contribution in [0.15, 0.2) is 59.5 Å². The number of rotatable bonds is 7. The second-order valence-electron chi connectivity index (χ2n) is 7.10. The van der Waals surface area contributed by atoms with Gasteiger partial charge < -0.3 is 5.32 Å². The fraction of sp³-hybridized carbons (Fsp3) is 0.381. The lowest BCUT2D eigenvalue weighted by Gasteiger charge is -2.36. The first-order valence-corrected chi connectivity index (χ1v) is 11.1. The quantitative estimate of drug-likeness (QED) is 0.744. The summed E-state index contributed by atoms with van der Waals surface area (Å²) in [6.45, 7) is 3.91. The van der Waals surface area contributed by atoms with Crippen LogP contribution in [-0.4, -0.2) is 62.3 Å². The van der Waals surface area contributed by atoms with E-state index in [1.807, 2.05) is 42.2 Å². The van der Waals surface area contributed by atoms with Crippen molar-refractivity contribution in [1.29, 1.82) is 0 Å². The van der Waals surface area contributed by atoms with Gasteiger partial charge in [-0.3, -0.25) is 9.69 Å². The fourth-order valence-corrected chi connectivity index (χ4v) is 4.80. The van der Waals surface area contributed by atoms with Gasteiger partial charge in [0.25, 0.3) is 0 Å². The summed E-state index contributed by atoms with van der Waals surface area (Å²) in [7, 11) is -3.65.